The summed E-state index contributed by atoms with van der Waals surface area (Å²) in [4.78, 5) is 8.60. The Hall–Kier alpha value is -3.28. The van der Waals surface area contributed by atoms with Gasteiger partial charge in [-0.15, -0.1) is 0 Å². The summed E-state index contributed by atoms with van der Waals surface area (Å²) in [5.41, 5.74) is 1.72. The van der Waals surface area contributed by atoms with Gasteiger partial charge in [0.05, 0.1) is 5.69 Å². The van der Waals surface area contributed by atoms with Crippen molar-refractivity contribution in [3.63, 3.8) is 0 Å². The number of fused-ring (bicyclic) bond motifs is 1. The van der Waals surface area contributed by atoms with Crippen molar-refractivity contribution >= 4 is 5.78 Å². The van der Waals surface area contributed by atoms with E-state index in [1.54, 1.807) is 47.3 Å². The van der Waals surface area contributed by atoms with E-state index < -0.39 is 0 Å². The van der Waals surface area contributed by atoms with Gasteiger partial charge in [-0.3, -0.25) is 4.40 Å². The molecule has 0 aliphatic heterocycles. The van der Waals surface area contributed by atoms with Crippen molar-refractivity contribution in [1.82, 2.24) is 14.4 Å². The Morgan fingerprint density at radius 2 is 1.97 bits per heavy atom. The highest BCUT2D eigenvalue weighted by Gasteiger charge is 2.09. The third-order valence-corrected chi connectivity index (χ3v) is 3.55. The number of ether oxygens (including phenoxy) is 1. The topological polar surface area (TPSA) is 39.4 Å². The molecule has 3 rings (SSSR count). The molecule has 0 saturated carbocycles. The van der Waals surface area contributed by atoms with Crippen LogP contribution in [-0.4, -0.2) is 14.4 Å². The van der Waals surface area contributed by atoms with Gasteiger partial charge in [-0.25, -0.2) is 18.7 Å². The minimum atomic E-state index is -0.371. The van der Waals surface area contributed by atoms with Crippen LogP contribution in [-0.2, 0) is 11.3 Å². The number of rotatable bonds is 6. The largest absolute Gasteiger partial charge is 0.487 e. The Bertz CT molecular complexity index is 1020. The minimum absolute atomic E-state index is 0.141. The van der Waals surface area contributed by atoms with Crippen LogP contribution in [0.1, 0.15) is 32.9 Å². The zero-order valence-electron chi connectivity index (χ0n) is 16.9. The summed E-state index contributed by atoms with van der Waals surface area (Å²) in [6.45, 7) is 9.30. The van der Waals surface area contributed by atoms with E-state index in [1.807, 2.05) is 0 Å². The van der Waals surface area contributed by atoms with Gasteiger partial charge >= 0.3 is 0 Å². The van der Waals surface area contributed by atoms with Crippen LogP contribution in [0, 0.1) is 5.82 Å². The van der Waals surface area contributed by atoms with E-state index in [1.165, 1.54) is 31.6 Å². The summed E-state index contributed by atoms with van der Waals surface area (Å²) < 4.78 is 34.3. The molecule has 0 fully saturated rings. The lowest BCUT2D eigenvalue weighted by molar-refractivity contribution is 0.207. The smallest absolute Gasteiger partial charge is 0.234 e. The zero-order chi connectivity index (χ0) is 21.2. The minimum Gasteiger partial charge on any atom is -0.487 e. The number of benzene rings is 1. The van der Waals surface area contributed by atoms with E-state index in [2.05, 4.69) is 30.4 Å². The second-order valence-corrected chi connectivity index (χ2v) is 6.29. The van der Waals surface area contributed by atoms with E-state index in [0.29, 0.717) is 28.4 Å². The molecule has 3 aromatic rings. The monoisotopic (exact) mass is 397 g/mol. The molecule has 6 heteroatoms. The average molecular weight is 397 g/mol. The first-order valence-corrected chi connectivity index (χ1v) is 9.36. The molecule has 0 radical (unpaired) electrons. The Labute approximate surface area is 169 Å². The van der Waals surface area contributed by atoms with Crippen molar-refractivity contribution < 1.29 is 13.5 Å². The van der Waals surface area contributed by atoms with Crippen LogP contribution in [0.4, 0.5) is 8.78 Å². The maximum Gasteiger partial charge on any atom is 0.234 e. The van der Waals surface area contributed by atoms with E-state index in [-0.39, 0.29) is 18.3 Å². The number of imidazole rings is 1. The predicted molar refractivity (Wildman–Crippen MR) is 112 cm³/mol. The summed E-state index contributed by atoms with van der Waals surface area (Å²) in [5, 5.41) is 0. The number of hydrogen-bond acceptors (Lipinski definition) is 3. The maximum atomic E-state index is 13.9. The fourth-order valence-corrected chi connectivity index (χ4v) is 2.45. The molecule has 2 aromatic heterocycles. The molecule has 0 aliphatic rings. The Balaban J connectivity index is 0.000000941. The third kappa shape index (κ3) is 6.38. The lowest BCUT2D eigenvalue weighted by Crippen LogP contribution is -1.92. The summed E-state index contributed by atoms with van der Waals surface area (Å²) >= 11 is 0. The predicted octanol–water partition coefficient (Wildman–Crippen LogP) is 6.41. The molecule has 0 atom stereocenters. The molecule has 1 aromatic carbocycles. The van der Waals surface area contributed by atoms with Gasteiger partial charge in [-0.1, -0.05) is 51.1 Å². The van der Waals surface area contributed by atoms with E-state index in [9.17, 15) is 8.78 Å². The lowest BCUT2D eigenvalue weighted by Gasteiger charge is -2.04. The molecule has 0 unspecified atom stereocenters. The van der Waals surface area contributed by atoms with Crippen LogP contribution < -0.4 is 0 Å². The number of hydrogen-bond donors (Lipinski definition) is 0. The fourth-order valence-electron chi connectivity index (χ4n) is 2.45. The Morgan fingerprint density at radius 3 is 2.62 bits per heavy atom. The molecule has 152 valence electrons. The molecular formula is C23H25F2N3O. The normalized spacial score (nSPS) is 11.8. The number of halogens is 2. The van der Waals surface area contributed by atoms with Crippen molar-refractivity contribution in [3.8, 4) is 11.1 Å². The highest BCUT2D eigenvalue weighted by atomic mass is 19.1. The second-order valence-electron chi connectivity index (χ2n) is 6.29. The van der Waals surface area contributed by atoms with Crippen LogP contribution in [0.15, 0.2) is 79.2 Å². The van der Waals surface area contributed by atoms with Gasteiger partial charge < -0.3 is 4.74 Å². The van der Waals surface area contributed by atoms with Gasteiger partial charge in [0.25, 0.3) is 0 Å². The molecule has 0 N–H and O–H groups in total. The van der Waals surface area contributed by atoms with Gasteiger partial charge in [0.2, 0.25) is 5.78 Å². The quantitative estimate of drug-likeness (QED) is 0.356. The van der Waals surface area contributed by atoms with Crippen molar-refractivity contribution in [2.45, 2.75) is 33.8 Å². The maximum absolute atomic E-state index is 13.9. The lowest BCUT2D eigenvalue weighted by atomic mass is 10.1. The first-order valence-electron chi connectivity index (χ1n) is 9.36. The molecule has 0 amide bonds. The molecule has 0 saturated heterocycles. The number of aromatic nitrogens is 3. The van der Waals surface area contributed by atoms with Gasteiger partial charge in [0, 0.05) is 35.8 Å². The Kier molecular flexibility index (Phi) is 8.27. The SMILES string of the molecule is C=C/C=C(\C=C(/C)F)OCc1cn2cc(-c3ccccc3F)cnc2n1.CCC. The first kappa shape index (κ1) is 22.0. The molecule has 0 bridgehead atoms. The molecule has 0 spiro atoms. The summed E-state index contributed by atoms with van der Waals surface area (Å²) in [5.74, 6) is 0.126. The number of allylic oxidation sites excluding steroid dienone is 4. The van der Waals surface area contributed by atoms with Gasteiger partial charge in [0.1, 0.15) is 24.0 Å². The van der Waals surface area contributed by atoms with Crippen LogP contribution in [0.3, 0.4) is 0 Å². The van der Waals surface area contributed by atoms with Crippen LogP contribution in [0.25, 0.3) is 16.9 Å². The number of nitrogens with zero attached hydrogens (tertiary/aromatic N) is 3. The van der Waals surface area contributed by atoms with Crippen LogP contribution >= 0.6 is 0 Å². The van der Waals surface area contributed by atoms with Gasteiger partial charge in [-0.2, -0.15) is 0 Å². The summed E-state index contributed by atoms with van der Waals surface area (Å²) in [6.07, 6.45) is 10.7. The highest BCUT2D eigenvalue weighted by molar-refractivity contribution is 5.63. The fraction of sp³-hybridized carbons (Fsp3) is 0.217. The van der Waals surface area contributed by atoms with E-state index in [4.69, 9.17) is 4.74 Å². The highest BCUT2D eigenvalue weighted by Crippen LogP contribution is 2.22. The first-order chi connectivity index (χ1) is 14.0. The van der Waals surface area contributed by atoms with Gasteiger partial charge in [-0.05, 0) is 19.1 Å². The third-order valence-electron chi connectivity index (χ3n) is 3.55. The van der Waals surface area contributed by atoms with Crippen LogP contribution in [0.5, 0.6) is 0 Å². The van der Waals surface area contributed by atoms with E-state index >= 15 is 0 Å². The van der Waals surface area contributed by atoms with Crippen molar-refractivity contribution in [3.05, 3.63) is 90.8 Å². The average Bonchev–Trinajstić information content (AvgIpc) is 3.09. The summed E-state index contributed by atoms with van der Waals surface area (Å²) in [7, 11) is 0. The van der Waals surface area contributed by atoms with Crippen LogP contribution in [0.2, 0.25) is 0 Å². The van der Waals surface area contributed by atoms with Crippen molar-refractivity contribution in [1.29, 1.82) is 0 Å². The molecule has 0 aliphatic carbocycles. The summed E-state index contributed by atoms with van der Waals surface area (Å²) in [6, 6.07) is 6.50. The van der Waals surface area contributed by atoms with Gasteiger partial charge in [0.15, 0.2) is 0 Å². The van der Waals surface area contributed by atoms with Crippen molar-refractivity contribution in [2.24, 2.45) is 0 Å². The molecule has 2 heterocycles. The van der Waals surface area contributed by atoms with E-state index in [0.717, 1.165) is 0 Å². The zero-order valence-corrected chi connectivity index (χ0v) is 16.9. The Morgan fingerprint density at radius 1 is 1.24 bits per heavy atom. The molecule has 4 nitrogen and oxygen atoms in total. The van der Waals surface area contributed by atoms with Crippen molar-refractivity contribution in [2.75, 3.05) is 0 Å². The standard InChI is InChI=1S/C20H17F2N3O.C3H8/c1-3-6-17(9-14(2)21)26-13-16-12-25-11-15(10-23-20(25)24-16)18-7-4-5-8-19(18)22;1-3-2/h3-12H,1,13H2,2H3;3H2,1-2H3/b14-9+,17-6+;. The second kappa shape index (κ2) is 10.9. The molecular weight excluding hydrogens is 372 g/mol. The molecule has 29 heavy (non-hydrogen) atoms.